The van der Waals surface area contributed by atoms with Crippen LogP contribution in [0.1, 0.15) is 25.3 Å². The molecule has 0 atom stereocenters. The lowest BCUT2D eigenvalue weighted by Gasteiger charge is -2.06. The number of hydrogen-bond acceptors (Lipinski definition) is 4. The maximum absolute atomic E-state index is 11.6. The Morgan fingerprint density at radius 1 is 1.32 bits per heavy atom. The standard InChI is InChI=1S/C15H17NO3/c1-10(2)18-14(17)9-13-11(3)19-15(16-13)12-7-5-4-6-8-12/h4-8,10H,9H2,1-3H3. The van der Waals surface area contributed by atoms with Crippen LogP contribution >= 0.6 is 0 Å². The van der Waals surface area contributed by atoms with Gasteiger partial charge in [0.15, 0.2) is 0 Å². The zero-order chi connectivity index (χ0) is 13.8. The minimum Gasteiger partial charge on any atom is -0.463 e. The van der Waals surface area contributed by atoms with Gasteiger partial charge in [0.25, 0.3) is 0 Å². The number of ether oxygens (including phenoxy) is 1. The first-order valence-electron chi connectivity index (χ1n) is 6.27. The molecule has 0 saturated carbocycles. The van der Waals surface area contributed by atoms with E-state index in [0.717, 1.165) is 5.56 Å². The van der Waals surface area contributed by atoms with Crippen LogP contribution in [0, 0.1) is 6.92 Å². The van der Waals surface area contributed by atoms with Crippen molar-refractivity contribution in [3.63, 3.8) is 0 Å². The third-order valence-electron chi connectivity index (χ3n) is 2.59. The SMILES string of the molecule is Cc1oc(-c2ccccc2)nc1CC(=O)OC(C)C. The van der Waals surface area contributed by atoms with E-state index in [-0.39, 0.29) is 18.5 Å². The fourth-order valence-corrected chi connectivity index (χ4v) is 1.74. The van der Waals surface area contributed by atoms with Crippen LogP contribution in [0.2, 0.25) is 0 Å². The van der Waals surface area contributed by atoms with Crippen molar-refractivity contribution in [2.45, 2.75) is 33.3 Å². The van der Waals surface area contributed by atoms with Crippen LogP contribution in [0.3, 0.4) is 0 Å². The molecule has 0 bridgehead atoms. The van der Waals surface area contributed by atoms with E-state index in [1.807, 2.05) is 44.2 Å². The Bertz CT molecular complexity index is 558. The lowest BCUT2D eigenvalue weighted by atomic mass is 10.2. The Balaban J connectivity index is 2.16. The van der Waals surface area contributed by atoms with Crippen LogP contribution in [-0.4, -0.2) is 17.1 Å². The van der Waals surface area contributed by atoms with Gasteiger partial charge in [0.2, 0.25) is 5.89 Å². The van der Waals surface area contributed by atoms with Crippen molar-refractivity contribution in [2.75, 3.05) is 0 Å². The Hall–Kier alpha value is -2.10. The molecule has 0 amide bonds. The molecule has 100 valence electrons. The van der Waals surface area contributed by atoms with Gasteiger partial charge in [-0.2, -0.15) is 0 Å². The Labute approximate surface area is 112 Å². The molecule has 1 heterocycles. The van der Waals surface area contributed by atoms with Crippen LogP contribution in [0.5, 0.6) is 0 Å². The highest BCUT2D eigenvalue weighted by atomic mass is 16.5. The molecule has 0 aliphatic heterocycles. The number of esters is 1. The number of aromatic nitrogens is 1. The fourth-order valence-electron chi connectivity index (χ4n) is 1.74. The summed E-state index contributed by atoms with van der Waals surface area (Å²) in [5.74, 6) is 0.899. The molecule has 0 unspecified atom stereocenters. The van der Waals surface area contributed by atoms with E-state index in [2.05, 4.69) is 4.98 Å². The second-order valence-corrected chi connectivity index (χ2v) is 4.60. The average Bonchev–Trinajstić information content (AvgIpc) is 2.71. The van der Waals surface area contributed by atoms with E-state index in [9.17, 15) is 4.79 Å². The summed E-state index contributed by atoms with van der Waals surface area (Å²) in [6.07, 6.45) is 0.0219. The monoisotopic (exact) mass is 259 g/mol. The maximum atomic E-state index is 11.6. The summed E-state index contributed by atoms with van der Waals surface area (Å²) >= 11 is 0. The van der Waals surface area contributed by atoms with Gasteiger partial charge in [0.05, 0.1) is 18.2 Å². The highest BCUT2D eigenvalue weighted by Crippen LogP contribution is 2.21. The van der Waals surface area contributed by atoms with Gasteiger partial charge in [-0.15, -0.1) is 0 Å². The Morgan fingerprint density at radius 3 is 2.63 bits per heavy atom. The van der Waals surface area contributed by atoms with Gasteiger partial charge in [0, 0.05) is 5.56 Å². The number of oxazole rings is 1. The molecule has 0 saturated heterocycles. The van der Waals surface area contributed by atoms with Gasteiger partial charge in [-0.05, 0) is 32.9 Å². The van der Waals surface area contributed by atoms with Crippen LogP contribution in [0.15, 0.2) is 34.7 Å². The van der Waals surface area contributed by atoms with E-state index in [1.54, 1.807) is 6.92 Å². The summed E-state index contributed by atoms with van der Waals surface area (Å²) in [6, 6.07) is 9.60. The van der Waals surface area contributed by atoms with Crippen molar-refractivity contribution >= 4 is 5.97 Å². The fraction of sp³-hybridized carbons (Fsp3) is 0.333. The molecule has 1 aromatic heterocycles. The summed E-state index contributed by atoms with van der Waals surface area (Å²) in [4.78, 5) is 16.0. The second-order valence-electron chi connectivity index (χ2n) is 4.60. The second kappa shape index (κ2) is 5.69. The molecule has 0 spiro atoms. The molecular formula is C15H17NO3. The molecule has 0 radical (unpaired) electrons. The lowest BCUT2D eigenvalue weighted by Crippen LogP contribution is -2.14. The summed E-state index contributed by atoms with van der Waals surface area (Å²) in [5.41, 5.74) is 1.53. The van der Waals surface area contributed by atoms with Gasteiger partial charge in [-0.3, -0.25) is 4.79 Å². The van der Waals surface area contributed by atoms with Gasteiger partial charge < -0.3 is 9.15 Å². The van der Waals surface area contributed by atoms with Crippen molar-refractivity contribution in [1.29, 1.82) is 0 Å². The molecule has 2 rings (SSSR count). The number of nitrogens with zero attached hydrogens (tertiary/aromatic N) is 1. The largest absolute Gasteiger partial charge is 0.463 e. The molecular weight excluding hydrogens is 242 g/mol. The quantitative estimate of drug-likeness (QED) is 0.791. The van der Waals surface area contributed by atoms with E-state index in [1.165, 1.54) is 0 Å². The molecule has 4 nitrogen and oxygen atoms in total. The van der Waals surface area contributed by atoms with Crippen LogP contribution < -0.4 is 0 Å². The van der Waals surface area contributed by atoms with Gasteiger partial charge in [-0.25, -0.2) is 4.98 Å². The summed E-state index contributed by atoms with van der Waals surface area (Å²) in [6.45, 7) is 5.45. The van der Waals surface area contributed by atoms with Crippen molar-refractivity contribution < 1.29 is 13.9 Å². The van der Waals surface area contributed by atoms with E-state index < -0.39 is 0 Å². The maximum Gasteiger partial charge on any atom is 0.312 e. The predicted octanol–water partition coefficient (Wildman–Crippen LogP) is 3.14. The molecule has 1 aromatic carbocycles. The van der Waals surface area contributed by atoms with Gasteiger partial charge >= 0.3 is 5.97 Å². The van der Waals surface area contributed by atoms with Gasteiger partial charge in [0.1, 0.15) is 5.76 Å². The third-order valence-corrected chi connectivity index (χ3v) is 2.59. The van der Waals surface area contributed by atoms with Crippen molar-refractivity contribution in [2.24, 2.45) is 0 Å². The number of benzene rings is 1. The number of carbonyl (C=O) groups excluding carboxylic acids is 1. The highest BCUT2D eigenvalue weighted by Gasteiger charge is 2.15. The van der Waals surface area contributed by atoms with E-state index in [4.69, 9.17) is 9.15 Å². The molecule has 4 heteroatoms. The number of carbonyl (C=O) groups is 1. The first-order chi connectivity index (χ1) is 9.06. The van der Waals surface area contributed by atoms with Crippen LogP contribution in [0.25, 0.3) is 11.5 Å². The van der Waals surface area contributed by atoms with E-state index >= 15 is 0 Å². The number of aryl methyl sites for hydroxylation is 1. The zero-order valence-electron chi connectivity index (χ0n) is 11.3. The van der Waals surface area contributed by atoms with Crippen molar-refractivity contribution in [3.8, 4) is 11.5 Å². The van der Waals surface area contributed by atoms with Crippen LogP contribution in [-0.2, 0) is 16.0 Å². The molecule has 0 fully saturated rings. The number of rotatable bonds is 4. The summed E-state index contributed by atoms with van der Waals surface area (Å²) in [7, 11) is 0. The first kappa shape index (κ1) is 13.3. The molecule has 19 heavy (non-hydrogen) atoms. The van der Waals surface area contributed by atoms with Crippen molar-refractivity contribution in [3.05, 3.63) is 41.8 Å². The number of hydrogen-bond donors (Lipinski definition) is 0. The first-order valence-corrected chi connectivity index (χ1v) is 6.27. The summed E-state index contributed by atoms with van der Waals surface area (Å²) in [5, 5.41) is 0. The normalized spacial score (nSPS) is 10.7. The molecule has 0 aliphatic carbocycles. The lowest BCUT2D eigenvalue weighted by molar-refractivity contribution is -0.146. The highest BCUT2D eigenvalue weighted by molar-refractivity contribution is 5.72. The minimum atomic E-state index is -0.286. The zero-order valence-corrected chi connectivity index (χ0v) is 11.3. The van der Waals surface area contributed by atoms with Crippen molar-refractivity contribution in [1.82, 2.24) is 4.98 Å². The van der Waals surface area contributed by atoms with Crippen LogP contribution in [0.4, 0.5) is 0 Å². The third kappa shape index (κ3) is 3.44. The molecule has 0 aliphatic rings. The topological polar surface area (TPSA) is 52.3 Å². The Morgan fingerprint density at radius 2 is 2.00 bits per heavy atom. The Kier molecular flexibility index (Phi) is 4.00. The minimum absolute atomic E-state index is 0.117. The molecule has 0 N–H and O–H groups in total. The molecule has 2 aromatic rings. The van der Waals surface area contributed by atoms with Gasteiger partial charge in [-0.1, -0.05) is 18.2 Å². The predicted molar refractivity (Wildman–Crippen MR) is 71.6 cm³/mol. The van der Waals surface area contributed by atoms with E-state index in [0.29, 0.717) is 17.3 Å². The summed E-state index contributed by atoms with van der Waals surface area (Å²) < 4.78 is 10.7. The smallest absolute Gasteiger partial charge is 0.312 e. The average molecular weight is 259 g/mol.